The molecule has 0 aliphatic rings. The predicted octanol–water partition coefficient (Wildman–Crippen LogP) is 1.88. The minimum atomic E-state index is 0.435. The molecule has 1 N–H and O–H groups in total. The van der Waals surface area contributed by atoms with Crippen molar-refractivity contribution in [2.75, 3.05) is 32.2 Å². The van der Waals surface area contributed by atoms with Gasteiger partial charge in [0.15, 0.2) is 0 Å². The van der Waals surface area contributed by atoms with Crippen LogP contribution in [0.15, 0.2) is 6.33 Å². The molecule has 1 aromatic rings. The molecule has 1 atom stereocenters. The highest BCUT2D eigenvalue weighted by atomic mass is 16.5. The minimum Gasteiger partial charge on any atom is -0.478 e. The van der Waals surface area contributed by atoms with Crippen LogP contribution in [0.25, 0.3) is 0 Å². The molecule has 1 aromatic heterocycles. The number of rotatable bonds is 7. The second-order valence-electron chi connectivity index (χ2n) is 4.03. The molecule has 0 saturated carbocycles. The molecule has 1 rings (SSSR count). The summed E-state index contributed by atoms with van der Waals surface area (Å²) < 4.78 is 10.5. The molecule has 1 unspecified atom stereocenters. The summed E-state index contributed by atoms with van der Waals surface area (Å²) in [6.07, 6.45) is 1.52. The van der Waals surface area contributed by atoms with E-state index in [1.165, 1.54) is 6.33 Å². The quantitative estimate of drug-likeness (QED) is 0.787. The average Bonchev–Trinajstić information content (AvgIpc) is 2.31. The zero-order valence-corrected chi connectivity index (χ0v) is 11.0. The first-order chi connectivity index (χ1) is 8.19. The van der Waals surface area contributed by atoms with Gasteiger partial charge in [-0.1, -0.05) is 6.92 Å². The van der Waals surface area contributed by atoms with E-state index in [1.807, 2.05) is 13.8 Å². The Kier molecular flexibility index (Phi) is 5.69. The first-order valence-electron chi connectivity index (χ1n) is 5.86. The first kappa shape index (κ1) is 13.7. The third-order valence-electron chi connectivity index (χ3n) is 2.39. The standard InChI is InChI=1S/C12H21N3O2/c1-5-17-12-10(3)11(14-8-15-12)13-6-9(2)7-16-4/h8-9H,5-7H2,1-4H3,(H,13,14,15). The van der Waals surface area contributed by atoms with Crippen LogP contribution in [0.5, 0.6) is 5.88 Å². The molecule has 0 aliphatic heterocycles. The van der Waals surface area contributed by atoms with Crippen LogP contribution >= 0.6 is 0 Å². The van der Waals surface area contributed by atoms with E-state index in [1.54, 1.807) is 7.11 Å². The van der Waals surface area contributed by atoms with Crippen LogP contribution in [0.3, 0.4) is 0 Å². The Morgan fingerprint density at radius 3 is 2.82 bits per heavy atom. The summed E-state index contributed by atoms with van der Waals surface area (Å²) in [5.74, 6) is 1.90. The Morgan fingerprint density at radius 2 is 2.18 bits per heavy atom. The van der Waals surface area contributed by atoms with Gasteiger partial charge in [0.2, 0.25) is 5.88 Å². The summed E-state index contributed by atoms with van der Waals surface area (Å²) in [4.78, 5) is 8.30. The summed E-state index contributed by atoms with van der Waals surface area (Å²) in [7, 11) is 1.71. The average molecular weight is 239 g/mol. The highest BCUT2D eigenvalue weighted by molar-refractivity contribution is 5.47. The molecule has 5 nitrogen and oxygen atoms in total. The van der Waals surface area contributed by atoms with E-state index >= 15 is 0 Å². The van der Waals surface area contributed by atoms with E-state index in [0.717, 1.165) is 24.5 Å². The van der Waals surface area contributed by atoms with Crippen molar-refractivity contribution in [3.63, 3.8) is 0 Å². The Labute approximate surface area is 103 Å². The van der Waals surface area contributed by atoms with Crippen LogP contribution < -0.4 is 10.1 Å². The molecule has 96 valence electrons. The van der Waals surface area contributed by atoms with Crippen molar-refractivity contribution in [1.29, 1.82) is 0 Å². The van der Waals surface area contributed by atoms with Gasteiger partial charge in [0.25, 0.3) is 0 Å². The third-order valence-corrected chi connectivity index (χ3v) is 2.39. The van der Waals surface area contributed by atoms with Gasteiger partial charge in [-0.3, -0.25) is 0 Å². The number of aromatic nitrogens is 2. The fourth-order valence-corrected chi connectivity index (χ4v) is 1.51. The van der Waals surface area contributed by atoms with E-state index < -0.39 is 0 Å². The topological polar surface area (TPSA) is 56.3 Å². The van der Waals surface area contributed by atoms with E-state index in [9.17, 15) is 0 Å². The van der Waals surface area contributed by atoms with Crippen molar-refractivity contribution < 1.29 is 9.47 Å². The predicted molar refractivity (Wildman–Crippen MR) is 67.5 cm³/mol. The smallest absolute Gasteiger partial charge is 0.221 e. The van der Waals surface area contributed by atoms with E-state index in [4.69, 9.17) is 9.47 Å². The number of hydrogen-bond donors (Lipinski definition) is 1. The summed E-state index contributed by atoms with van der Waals surface area (Å²) >= 11 is 0. The number of anilines is 1. The normalized spacial score (nSPS) is 12.2. The Bertz CT molecular complexity index is 345. The molecular formula is C12H21N3O2. The monoisotopic (exact) mass is 239 g/mol. The molecular weight excluding hydrogens is 218 g/mol. The van der Waals surface area contributed by atoms with Crippen molar-refractivity contribution in [2.24, 2.45) is 5.92 Å². The highest BCUT2D eigenvalue weighted by Crippen LogP contribution is 2.20. The molecule has 0 aliphatic carbocycles. The lowest BCUT2D eigenvalue weighted by molar-refractivity contribution is 0.164. The molecule has 0 fully saturated rings. The number of methoxy groups -OCH3 is 1. The van der Waals surface area contributed by atoms with Gasteiger partial charge < -0.3 is 14.8 Å². The lowest BCUT2D eigenvalue weighted by Crippen LogP contribution is -2.17. The zero-order chi connectivity index (χ0) is 12.7. The maximum Gasteiger partial charge on any atom is 0.221 e. The Balaban J connectivity index is 2.61. The van der Waals surface area contributed by atoms with Crippen molar-refractivity contribution in [1.82, 2.24) is 9.97 Å². The third kappa shape index (κ3) is 4.19. The number of nitrogens with zero attached hydrogens (tertiary/aromatic N) is 2. The lowest BCUT2D eigenvalue weighted by Gasteiger charge is -2.14. The molecule has 0 amide bonds. The molecule has 0 aromatic carbocycles. The molecule has 0 spiro atoms. The maximum absolute atomic E-state index is 5.42. The van der Waals surface area contributed by atoms with Gasteiger partial charge in [0, 0.05) is 13.7 Å². The van der Waals surface area contributed by atoms with Crippen LogP contribution in [0.2, 0.25) is 0 Å². The van der Waals surface area contributed by atoms with E-state index in [-0.39, 0.29) is 0 Å². The molecule has 1 heterocycles. The lowest BCUT2D eigenvalue weighted by atomic mass is 10.2. The zero-order valence-electron chi connectivity index (χ0n) is 11.0. The van der Waals surface area contributed by atoms with Crippen LogP contribution in [-0.4, -0.2) is 36.8 Å². The van der Waals surface area contributed by atoms with Crippen molar-refractivity contribution in [3.05, 3.63) is 11.9 Å². The van der Waals surface area contributed by atoms with Crippen LogP contribution in [0.4, 0.5) is 5.82 Å². The van der Waals surface area contributed by atoms with Crippen LogP contribution in [0, 0.1) is 12.8 Å². The summed E-state index contributed by atoms with van der Waals surface area (Å²) in [5, 5.41) is 3.29. The molecule has 0 radical (unpaired) electrons. The van der Waals surface area contributed by atoms with Gasteiger partial charge in [-0.05, 0) is 19.8 Å². The number of hydrogen-bond acceptors (Lipinski definition) is 5. The Morgan fingerprint density at radius 1 is 1.41 bits per heavy atom. The molecule has 17 heavy (non-hydrogen) atoms. The van der Waals surface area contributed by atoms with Crippen molar-refractivity contribution in [3.8, 4) is 5.88 Å². The maximum atomic E-state index is 5.42. The van der Waals surface area contributed by atoms with Gasteiger partial charge in [0.05, 0.1) is 18.8 Å². The highest BCUT2D eigenvalue weighted by Gasteiger charge is 2.08. The van der Waals surface area contributed by atoms with Gasteiger partial charge in [-0.25, -0.2) is 9.97 Å². The Hall–Kier alpha value is -1.36. The number of ether oxygens (including phenoxy) is 2. The fraction of sp³-hybridized carbons (Fsp3) is 0.667. The van der Waals surface area contributed by atoms with E-state index in [0.29, 0.717) is 18.4 Å². The van der Waals surface area contributed by atoms with Gasteiger partial charge in [0.1, 0.15) is 12.1 Å². The molecule has 5 heteroatoms. The van der Waals surface area contributed by atoms with Gasteiger partial charge >= 0.3 is 0 Å². The van der Waals surface area contributed by atoms with E-state index in [2.05, 4.69) is 22.2 Å². The largest absolute Gasteiger partial charge is 0.478 e. The minimum absolute atomic E-state index is 0.435. The summed E-state index contributed by atoms with van der Waals surface area (Å²) in [6, 6.07) is 0. The summed E-state index contributed by atoms with van der Waals surface area (Å²) in [5.41, 5.74) is 0.943. The second-order valence-corrected chi connectivity index (χ2v) is 4.03. The van der Waals surface area contributed by atoms with Crippen LogP contribution in [-0.2, 0) is 4.74 Å². The molecule has 0 bridgehead atoms. The van der Waals surface area contributed by atoms with Crippen molar-refractivity contribution >= 4 is 5.82 Å². The SMILES string of the molecule is CCOc1ncnc(NCC(C)COC)c1C. The fourth-order valence-electron chi connectivity index (χ4n) is 1.51. The van der Waals surface area contributed by atoms with Crippen molar-refractivity contribution in [2.45, 2.75) is 20.8 Å². The summed E-state index contributed by atoms with van der Waals surface area (Å²) in [6.45, 7) is 8.17. The first-order valence-corrected chi connectivity index (χ1v) is 5.86. The van der Waals surface area contributed by atoms with Crippen LogP contribution in [0.1, 0.15) is 19.4 Å². The second kappa shape index (κ2) is 7.06. The van der Waals surface area contributed by atoms with Gasteiger partial charge in [-0.2, -0.15) is 0 Å². The number of nitrogens with one attached hydrogen (secondary N) is 1. The van der Waals surface area contributed by atoms with Gasteiger partial charge in [-0.15, -0.1) is 0 Å². The molecule has 0 saturated heterocycles.